The molecule has 0 spiro atoms. The quantitative estimate of drug-likeness (QED) is 0.624. The SMILES string of the molecule is COCCN(C)c1nc(C(=O)Nc2ccccc2C(=O)CN2CCOCC2)cs1. The second-order valence-electron chi connectivity index (χ2n) is 6.74. The van der Waals surface area contributed by atoms with Gasteiger partial charge < -0.3 is 19.7 Å². The van der Waals surface area contributed by atoms with E-state index in [0.717, 1.165) is 18.2 Å². The van der Waals surface area contributed by atoms with E-state index in [1.165, 1.54) is 11.3 Å². The first kappa shape index (κ1) is 21.4. The van der Waals surface area contributed by atoms with Crippen molar-refractivity contribution in [2.45, 2.75) is 0 Å². The van der Waals surface area contributed by atoms with Crippen LogP contribution in [0.5, 0.6) is 0 Å². The number of carbonyl (C=O) groups is 2. The van der Waals surface area contributed by atoms with Gasteiger partial charge >= 0.3 is 0 Å². The predicted molar refractivity (Wildman–Crippen MR) is 113 cm³/mol. The number of anilines is 2. The summed E-state index contributed by atoms with van der Waals surface area (Å²) in [6, 6.07) is 7.08. The molecule has 0 atom stereocenters. The smallest absolute Gasteiger partial charge is 0.275 e. The van der Waals surface area contributed by atoms with E-state index in [-0.39, 0.29) is 11.7 Å². The highest BCUT2D eigenvalue weighted by molar-refractivity contribution is 7.13. The minimum absolute atomic E-state index is 0.0268. The zero-order valence-electron chi connectivity index (χ0n) is 16.7. The molecule has 29 heavy (non-hydrogen) atoms. The van der Waals surface area contributed by atoms with E-state index in [0.29, 0.717) is 49.9 Å². The van der Waals surface area contributed by atoms with E-state index >= 15 is 0 Å². The van der Waals surface area contributed by atoms with Gasteiger partial charge in [-0.2, -0.15) is 0 Å². The van der Waals surface area contributed by atoms with E-state index in [1.807, 2.05) is 11.9 Å². The van der Waals surface area contributed by atoms with E-state index in [9.17, 15) is 9.59 Å². The predicted octanol–water partition coefficient (Wildman–Crippen LogP) is 1.99. The van der Waals surface area contributed by atoms with Crippen LogP contribution in [0.1, 0.15) is 20.8 Å². The van der Waals surface area contributed by atoms with E-state index in [4.69, 9.17) is 9.47 Å². The fourth-order valence-corrected chi connectivity index (χ4v) is 3.74. The number of thiazole rings is 1. The van der Waals surface area contributed by atoms with Crippen molar-refractivity contribution in [1.29, 1.82) is 0 Å². The number of benzene rings is 1. The monoisotopic (exact) mass is 418 g/mol. The third kappa shape index (κ3) is 5.83. The molecule has 0 unspecified atom stereocenters. The number of Topliss-reactive ketones (excluding diaryl/α,β-unsaturated/α-hetero) is 1. The van der Waals surface area contributed by atoms with Gasteiger partial charge in [0.2, 0.25) is 0 Å². The normalized spacial score (nSPS) is 14.6. The molecular weight excluding hydrogens is 392 g/mol. The Balaban J connectivity index is 1.66. The van der Waals surface area contributed by atoms with E-state index in [1.54, 1.807) is 36.8 Å². The maximum absolute atomic E-state index is 12.8. The highest BCUT2D eigenvalue weighted by Gasteiger charge is 2.20. The molecule has 2 heterocycles. The van der Waals surface area contributed by atoms with Gasteiger partial charge in [0.25, 0.3) is 5.91 Å². The highest BCUT2D eigenvalue weighted by Crippen LogP contribution is 2.22. The average Bonchev–Trinajstić information content (AvgIpc) is 3.23. The van der Waals surface area contributed by atoms with Crippen LogP contribution >= 0.6 is 11.3 Å². The molecule has 1 aromatic heterocycles. The molecule has 1 aliphatic heterocycles. The molecule has 1 aliphatic rings. The Morgan fingerprint density at radius 1 is 1.31 bits per heavy atom. The van der Waals surface area contributed by atoms with Crippen molar-refractivity contribution in [3.63, 3.8) is 0 Å². The maximum Gasteiger partial charge on any atom is 0.275 e. The van der Waals surface area contributed by atoms with E-state index < -0.39 is 0 Å². The Hall–Kier alpha value is -2.33. The molecule has 1 fully saturated rings. The number of nitrogens with one attached hydrogen (secondary N) is 1. The summed E-state index contributed by atoms with van der Waals surface area (Å²) in [7, 11) is 3.55. The molecule has 1 amide bonds. The number of hydrogen-bond acceptors (Lipinski definition) is 8. The maximum atomic E-state index is 12.8. The van der Waals surface area contributed by atoms with Crippen LogP contribution in [0.2, 0.25) is 0 Å². The first-order valence-corrected chi connectivity index (χ1v) is 10.4. The summed E-state index contributed by atoms with van der Waals surface area (Å²) in [6.07, 6.45) is 0. The number of morpholine rings is 1. The van der Waals surface area contributed by atoms with Crippen LogP contribution in [-0.2, 0) is 9.47 Å². The summed E-state index contributed by atoms with van der Waals surface area (Å²) < 4.78 is 10.4. The summed E-state index contributed by atoms with van der Waals surface area (Å²) in [6.45, 7) is 4.31. The molecule has 9 heteroatoms. The van der Waals surface area contributed by atoms with Crippen molar-refractivity contribution in [3.8, 4) is 0 Å². The van der Waals surface area contributed by atoms with Gasteiger partial charge in [-0.05, 0) is 12.1 Å². The minimum Gasteiger partial charge on any atom is -0.383 e. The van der Waals surface area contributed by atoms with Gasteiger partial charge in [0.05, 0.1) is 32.1 Å². The van der Waals surface area contributed by atoms with Gasteiger partial charge in [-0.1, -0.05) is 12.1 Å². The van der Waals surface area contributed by atoms with Gasteiger partial charge in [0.15, 0.2) is 10.9 Å². The molecule has 0 aliphatic carbocycles. The minimum atomic E-state index is -0.334. The standard InChI is InChI=1S/C20H26N4O4S/c1-23(7-10-27-2)20-22-17(14-29-20)19(26)21-16-6-4-3-5-15(16)18(25)13-24-8-11-28-12-9-24/h3-6,14H,7-13H2,1-2H3,(H,21,26). The second kappa shape index (κ2) is 10.4. The van der Waals surface area contributed by atoms with Crippen LogP contribution in [0.4, 0.5) is 10.8 Å². The number of amides is 1. The molecule has 1 aromatic carbocycles. The number of nitrogens with zero attached hydrogens (tertiary/aromatic N) is 3. The molecular formula is C20H26N4O4S. The van der Waals surface area contributed by atoms with Crippen LogP contribution < -0.4 is 10.2 Å². The topological polar surface area (TPSA) is 84.0 Å². The Kier molecular flexibility index (Phi) is 7.70. The number of ether oxygens (including phenoxy) is 2. The molecule has 0 saturated carbocycles. The first-order chi connectivity index (χ1) is 14.1. The zero-order chi connectivity index (χ0) is 20.6. The van der Waals surface area contributed by atoms with Crippen molar-refractivity contribution < 1.29 is 19.1 Å². The van der Waals surface area contributed by atoms with Gasteiger partial charge in [0, 0.05) is 44.7 Å². The van der Waals surface area contributed by atoms with Crippen molar-refractivity contribution in [2.24, 2.45) is 0 Å². The fraction of sp³-hybridized carbons (Fsp3) is 0.450. The Labute approximate surface area is 174 Å². The molecule has 1 N–H and O–H groups in total. The van der Waals surface area contributed by atoms with Gasteiger partial charge in [-0.3, -0.25) is 14.5 Å². The fourth-order valence-electron chi connectivity index (χ4n) is 2.94. The van der Waals surface area contributed by atoms with Gasteiger partial charge in [-0.25, -0.2) is 4.98 Å². The Morgan fingerprint density at radius 3 is 2.83 bits per heavy atom. The van der Waals surface area contributed by atoms with Crippen LogP contribution in [0.25, 0.3) is 0 Å². The molecule has 2 aromatic rings. The molecule has 8 nitrogen and oxygen atoms in total. The van der Waals surface area contributed by atoms with Crippen LogP contribution in [0.3, 0.4) is 0 Å². The van der Waals surface area contributed by atoms with Gasteiger partial charge in [0.1, 0.15) is 5.69 Å². The molecule has 0 radical (unpaired) electrons. The molecule has 0 bridgehead atoms. The third-order valence-electron chi connectivity index (χ3n) is 4.63. The number of hydrogen-bond donors (Lipinski definition) is 1. The van der Waals surface area contributed by atoms with Crippen molar-refractivity contribution in [3.05, 3.63) is 40.9 Å². The summed E-state index contributed by atoms with van der Waals surface area (Å²) in [4.78, 5) is 33.9. The lowest BCUT2D eigenvalue weighted by atomic mass is 10.1. The third-order valence-corrected chi connectivity index (χ3v) is 5.58. The summed E-state index contributed by atoms with van der Waals surface area (Å²) in [5, 5.41) is 5.29. The number of ketones is 1. The molecule has 1 saturated heterocycles. The van der Waals surface area contributed by atoms with Gasteiger partial charge in [-0.15, -0.1) is 11.3 Å². The number of likely N-dealkylation sites (N-methyl/N-ethyl adjacent to an activating group) is 1. The van der Waals surface area contributed by atoms with Crippen LogP contribution in [0.15, 0.2) is 29.6 Å². The van der Waals surface area contributed by atoms with Crippen molar-refractivity contribution >= 4 is 33.8 Å². The van der Waals surface area contributed by atoms with Crippen LogP contribution in [0, 0.1) is 0 Å². The largest absolute Gasteiger partial charge is 0.383 e. The molecule has 156 valence electrons. The lowest BCUT2D eigenvalue weighted by Gasteiger charge is -2.26. The second-order valence-corrected chi connectivity index (χ2v) is 7.58. The Morgan fingerprint density at radius 2 is 2.07 bits per heavy atom. The number of para-hydroxylation sites is 1. The van der Waals surface area contributed by atoms with Crippen molar-refractivity contribution in [1.82, 2.24) is 9.88 Å². The van der Waals surface area contributed by atoms with Crippen molar-refractivity contribution in [2.75, 3.05) is 70.4 Å². The highest BCUT2D eigenvalue weighted by atomic mass is 32.1. The zero-order valence-corrected chi connectivity index (χ0v) is 17.5. The first-order valence-electron chi connectivity index (χ1n) is 9.47. The molecule has 3 rings (SSSR count). The summed E-state index contributed by atoms with van der Waals surface area (Å²) in [5.41, 5.74) is 1.32. The lowest BCUT2D eigenvalue weighted by Crippen LogP contribution is -2.39. The van der Waals surface area contributed by atoms with E-state index in [2.05, 4.69) is 15.2 Å². The van der Waals surface area contributed by atoms with Crippen LogP contribution in [-0.4, -0.2) is 81.7 Å². The summed E-state index contributed by atoms with van der Waals surface area (Å²) in [5.74, 6) is -0.361. The number of rotatable bonds is 9. The number of carbonyl (C=O) groups excluding carboxylic acids is 2. The lowest BCUT2D eigenvalue weighted by molar-refractivity contribution is 0.0371. The Bertz CT molecular complexity index is 835. The number of aromatic nitrogens is 1. The summed E-state index contributed by atoms with van der Waals surface area (Å²) >= 11 is 1.39. The number of methoxy groups -OCH3 is 1. The average molecular weight is 419 g/mol.